The van der Waals surface area contributed by atoms with Gasteiger partial charge < -0.3 is 14.4 Å². The second-order valence-corrected chi connectivity index (χ2v) is 6.48. The number of nitrogens with zero attached hydrogens (tertiary/aromatic N) is 4. The van der Waals surface area contributed by atoms with Crippen LogP contribution in [0.25, 0.3) is 0 Å². The molecule has 0 aromatic carbocycles. The summed E-state index contributed by atoms with van der Waals surface area (Å²) < 4.78 is 10.9. The number of carbonyl (C=O) groups excluding carboxylic acids is 2. The average molecular weight is 332 g/mol. The van der Waals surface area contributed by atoms with Crippen molar-refractivity contribution in [2.75, 3.05) is 39.8 Å². The molecule has 1 aromatic rings. The lowest BCUT2D eigenvalue weighted by Crippen LogP contribution is -2.42. The summed E-state index contributed by atoms with van der Waals surface area (Å²) >= 11 is 0. The SMILES string of the molecule is CN1CCN2CC(=O)OC2c2cccc(n2)CN2CC(=O)OC2C1. The number of ether oxygens (including phenoxy) is 2. The lowest BCUT2D eigenvalue weighted by molar-refractivity contribution is -0.142. The molecule has 0 amide bonds. The molecule has 0 saturated carbocycles. The van der Waals surface area contributed by atoms with Gasteiger partial charge in [-0.3, -0.25) is 24.4 Å². The number of likely N-dealkylation sites (N-methyl/N-ethyl adjacent to an activating group) is 1. The summed E-state index contributed by atoms with van der Waals surface area (Å²) in [5, 5.41) is 0. The topological polar surface area (TPSA) is 75.2 Å². The molecule has 0 N–H and O–H groups in total. The van der Waals surface area contributed by atoms with Crippen molar-refractivity contribution in [2.24, 2.45) is 0 Å². The third kappa shape index (κ3) is 3.00. The van der Waals surface area contributed by atoms with Gasteiger partial charge in [-0.2, -0.15) is 0 Å². The summed E-state index contributed by atoms with van der Waals surface area (Å²) in [6.07, 6.45) is -0.697. The highest BCUT2D eigenvalue weighted by molar-refractivity contribution is 5.74. The van der Waals surface area contributed by atoms with Gasteiger partial charge in [0.15, 0.2) is 12.5 Å². The normalized spacial score (nSPS) is 29.2. The zero-order valence-corrected chi connectivity index (χ0v) is 13.6. The highest BCUT2D eigenvalue weighted by Gasteiger charge is 2.37. The summed E-state index contributed by atoms with van der Waals surface area (Å²) in [6.45, 7) is 3.12. The first kappa shape index (κ1) is 15.5. The minimum atomic E-state index is -0.433. The maximum Gasteiger partial charge on any atom is 0.322 e. The van der Waals surface area contributed by atoms with Crippen molar-refractivity contribution in [3.63, 3.8) is 0 Å². The van der Waals surface area contributed by atoms with E-state index < -0.39 is 6.23 Å². The molecule has 1 aromatic heterocycles. The Morgan fingerprint density at radius 3 is 2.71 bits per heavy atom. The van der Waals surface area contributed by atoms with Crippen LogP contribution in [-0.2, 0) is 25.6 Å². The van der Waals surface area contributed by atoms with Gasteiger partial charge in [-0.25, -0.2) is 0 Å². The van der Waals surface area contributed by atoms with Gasteiger partial charge in [0, 0.05) is 26.2 Å². The summed E-state index contributed by atoms with van der Waals surface area (Å²) in [7, 11) is 1.99. The molecule has 0 spiro atoms. The van der Waals surface area contributed by atoms with Crippen molar-refractivity contribution in [2.45, 2.75) is 19.0 Å². The Balaban J connectivity index is 1.66. The molecule has 4 rings (SSSR count). The number of hydrogen-bond donors (Lipinski definition) is 0. The van der Waals surface area contributed by atoms with Gasteiger partial charge >= 0.3 is 11.9 Å². The quantitative estimate of drug-likeness (QED) is 0.593. The molecule has 0 radical (unpaired) electrons. The predicted molar refractivity (Wildman–Crippen MR) is 82.4 cm³/mol. The van der Waals surface area contributed by atoms with E-state index in [0.717, 1.165) is 17.9 Å². The fourth-order valence-corrected chi connectivity index (χ4v) is 3.36. The summed E-state index contributed by atoms with van der Waals surface area (Å²) in [6, 6.07) is 5.70. The highest BCUT2D eigenvalue weighted by atomic mass is 16.6. The van der Waals surface area contributed by atoms with Gasteiger partial charge in [-0.1, -0.05) is 6.07 Å². The molecular formula is C16H20N4O4. The minimum Gasteiger partial charge on any atom is -0.444 e. The number of fused-ring (bicyclic) bond motifs is 5. The molecule has 0 aliphatic carbocycles. The molecule has 3 aliphatic rings. The summed E-state index contributed by atoms with van der Waals surface area (Å²) in [5.41, 5.74) is 1.56. The van der Waals surface area contributed by atoms with Gasteiger partial charge in [0.25, 0.3) is 0 Å². The maximum absolute atomic E-state index is 11.7. The van der Waals surface area contributed by atoms with Crippen molar-refractivity contribution in [1.29, 1.82) is 0 Å². The van der Waals surface area contributed by atoms with E-state index in [2.05, 4.69) is 9.88 Å². The Morgan fingerprint density at radius 2 is 1.83 bits per heavy atom. The summed E-state index contributed by atoms with van der Waals surface area (Å²) in [4.78, 5) is 34.2. The van der Waals surface area contributed by atoms with E-state index in [1.807, 2.05) is 35.0 Å². The third-order valence-electron chi connectivity index (χ3n) is 4.60. The molecule has 4 heterocycles. The van der Waals surface area contributed by atoms with Gasteiger partial charge in [0.2, 0.25) is 0 Å². The molecule has 8 heteroatoms. The minimum absolute atomic E-state index is 0.200. The first-order valence-electron chi connectivity index (χ1n) is 8.10. The Bertz CT molecular complexity index is 667. The van der Waals surface area contributed by atoms with Crippen molar-refractivity contribution >= 4 is 11.9 Å². The number of rotatable bonds is 0. The fraction of sp³-hybridized carbons (Fsp3) is 0.562. The molecule has 128 valence electrons. The van der Waals surface area contributed by atoms with Crippen molar-refractivity contribution in [3.8, 4) is 0 Å². The van der Waals surface area contributed by atoms with E-state index in [1.54, 1.807) is 0 Å². The molecular weight excluding hydrogens is 312 g/mol. The zero-order valence-electron chi connectivity index (χ0n) is 13.6. The molecule has 2 unspecified atom stereocenters. The predicted octanol–water partition coefficient (Wildman–Crippen LogP) is -0.431. The Labute approximate surface area is 139 Å². The molecule has 24 heavy (non-hydrogen) atoms. The molecule has 2 atom stereocenters. The smallest absolute Gasteiger partial charge is 0.322 e. The second-order valence-electron chi connectivity index (χ2n) is 6.48. The van der Waals surface area contributed by atoms with E-state index in [0.29, 0.717) is 19.6 Å². The Kier molecular flexibility index (Phi) is 3.95. The van der Waals surface area contributed by atoms with Crippen LogP contribution in [0.4, 0.5) is 0 Å². The molecule has 2 bridgehead atoms. The van der Waals surface area contributed by atoms with Crippen LogP contribution < -0.4 is 0 Å². The van der Waals surface area contributed by atoms with Crippen molar-refractivity contribution < 1.29 is 19.1 Å². The largest absolute Gasteiger partial charge is 0.444 e. The Morgan fingerprint density at radius 1 is 1.04 bits per heavy atom. The number of hydrogen-bond acceptors (Lipinski definition) is 8. The van der Waals surface area contributed by atoms with E-state index >= 15 is 0 Å². The monoisotopic (exact) mass is 332 g/mol. The van der Waals surface area contributed by atoms with E-state index in [4.69, 9.17) is 9.47 Å². The van der Waals surface area contributed by atoms with Crippen LogP contribution in [0.3, 0.4) is 0 Å². The van der Waals surface area contributed by atoms with Crippen LogP contribution in [0, 0.1) is 0 Å². The van der Waals surface area contributed by atoms with Crippen molar-refractivity contribution in [1.82, 2.24) is 19.7 Å². The first-order valence-corrected chi connectivity index (χ1v) is 8.10. The number of aromatic nitrogens is 1. The third-order valence-corrected chi connectivity index (χ3v) is 4.60. The van der Waals surface area contributed by atoms with Gasteiger partial charge in [-0.05, 0) is 19.2 Å². The zero-order chi connectivity index (χ0) is 16.7. The number of carbonyl (C=O) groups is 2. The van der Waals surface area contributed by atoms with E-state index in [-0.39, 0.29) is 31.3 Å². The van der Waals surface area contributed by atoms with Gasteiger partial charge in [0.05, 0.1) is 11.4 Å². The first-order chi connectivity index (χ1) is 11.6. The molecule has 3 aliphatic heterocycles. The van der Waals surface area contributed by atoms with Crippen LogP contribution in [0.15, 0.2) is 18.2 Å². The number of esters is 2. The van der Waals surface area contributed by atoms with Gasteiger partial charge in [-0.15, -0.1) is 0 Å². The Hall–Kier alpha value is -2.03. The van der Waals surface area contributed by atoms with Crippen LogP contribution >= 0.6 is 0 Å². The van der Waals surface area contributed by atoms with Crippen LogP contribution in [0.1, 0.15) is 17.6 Å². The van der Waals surface area contributed by atoms with Crippen LogP contribution in [0.5, 0.6) is 0 Å². The molecule has 8 nitrogen and oxygen atoms in total. The lowest BCUT2D eigenvalue weighted by Gasteiger charge is -2.29. The van der Waals surface area contributed by atoms with E-state index in [9.17, 15) is 9.59 Å². The maximum atomic E-state index is 11.7. The summed E-state index contributed by atoms with van der Waals surface area (Å²) in [5.74, 6) is -0.423. The standard InChI is InChI=1S/C16H20N4O4/c1-18-5-6-19-9-15(22)24-16(19)12-4-2-3-11(17-12)7-20-10-14(21)23-13(20)8-18/h2-4,13,16H,5-10H2,1H3. The van der Waals surface area contributed by atoms with Gasteiger partial charge in [0.1, 0.15) is 13.1 Å². The fourth-order valence-electron chi connectivity index (χ4n) is 3.36. The van der Waals surface area contributed by atoms with Crippen LogP contribution in [0.2, 0.25) is 0 Å². The lowest BCUT2D eigenvalue weighted by atomic mass is 10.2. The number of pyridine rings is 1. The molecule has 2 fully saturated rings. The van der Waals surface area contributed by atoms with Crippen LogP contribution in [-0.4, -0.2) is 77.6 Å². The molecule has 2 saturated heterocycles. The highest BCUT2D eigenvalue weighted by Crippen LogP contribution is 2.27. The second kappa shape index (κ2) is 6.12. The average Bonchev–Trinajstić information content (AvgIpc) is 3.07. The van der Waals surface area contributed by atoms with Crippen molar-refractivity contribution in [3.05, 3.63) is 29.6 Å². The van der Waals surface area contributed by atoms with E-state index in [1.165, 1.54) is 0 Å².